The van der Waals surface area contributed by atoms with Crippen LogP contribution in [0.1, 0.15) is 57.8 Å². The molecule has 0 bridgehead atoms. The molecule has 0 rings (SSSR count). The molecule has 12 nitrogen and oxygen atoms in total. The van der Waals surface area contributed by atoms with Gasteiger partial charge in [-0.1, -0.05) is 19.3 Å². The summed E-state index contributed by atoms with van der Waals surface area (Å²) in [5.74, 6) is -0.120. The van der Waals surface area contributed by atoms with Crippen molar-refractivity contribution in [3.63, 3.8) is 0 Å². The Morgan fingerprint density at radius 2 is 0.850 bits per heavy atom. The van der Waals surface area contributed by atoms with Gasteiger partial charge in [-0.3, -0.25) is 14.4 Å². The number of nitrogens with zero attached hydrogens (tertiary/aromatic N) is 1. The van der Waals surface area contributed by atoms with Crippen molar-refractivity contribution < 1.29 is 14.4 Å². The Balaban J connectivity index is 5.05. The molecule has 12 heteroatoms. The second-order valence-corrected chi connectivity index (χ2v) is 10.2. The molecule has 0 radical (unpaired) electrons. The van der Waals surface area contributed by atoms with Crippen molar-refractivity contribution in [1.82, 2.24) is 47.4 Å². The van der Waals surface area contributed by atoms with Crippen LogP contribution in [0, 0.1) is 0 Å². The fourth-order valence-corrected chi connectivity index (χ4v) is 4.58. The lowest BCUT2D eigenvalue weighted by Gasteiger charge is -2.28. The van der Waals surface area contributed by atoms with Crippen LogP contribution in [-0.2, 0) is 14.4 Å². The summed E-state index contributed by atoms with van der Waals surface area (Å²) in [4.78, 5) is 40.7. The first kappa shape index (κ1) is 38.2. The van der Waals surface area contributed by atoms with Crippen LogP contribution in [0.15, 0.2) is 0 Å². The first-order valence-corrected chi connectivity index (χ1v) is 15.2. The van der Waals surface area contributed by atoms with Crippen LogP contribution >= 0.6 is 0 Å². The van der Waals surface area contributed by atoms with Gasteiger partial charge in [-0.25, -0.2) is 0 Å². The summed E-state index contributed by atoms with van der Waals surface area (Å²) in [6.07, 6.45) is 8.09. The van der Waals surface area contributed by atoms with Crippen LogP contribution in [-0.4, -0.2) is 129 Å². The molecule has 40 heavy (non-hydrogen) atoms. The largest absolute Gasteiger partial charge is 0.353 e. The van der Waals surface area contributed by atoms with Crippen LogP contribution in [0.3, 0.4) is 0 Å². The van der Waals surface area contributed by atoms with E-state index in [0.717, 1.165) is 77.4 Å². The molecule has 0 aliphatic carbocycles. The maximum atomic E-state index is 13.5. The summed E-state index contributed by atoms with van der Waals surface area (Å²) in [5.41, 5.74) is 0. The monoisotopic (exact) mass is 571 g/mol. The summed E-state index contributed by atoms with van der Waals surface area (Å²) in [5, 5.41) is 24.7. The highest BCUT2D eigenvalue weighted by atomic mass is 16.2. The van der Waals surface area contributed by atoms with Crippen molar-refractivity contribution >= 4 is 17.7 Å². The third-order valence-corrected chi connectivity index (χ3v) is 7.16. The lowest BCUT2D eigenvalue weighted by molar-refractivity contribution is -0.134. The molecule has 0 aromatic rings. The first-order valence-electron chi connectivity index (χ1n) is 15.2. The highest BCUT2D eigenvalue weighted by Gasteiger charge is 2.24. The molecule has 236 valence electrons. The third kappa shape index (κ3) is 17.8. The van der Waals surface area contributed by atoms with E-state index in [9.17, 15) is 14.4 Å². The van der Waals surface area contributed by atoms with Gasteiger partial charge in [0.05, 0.1) is 18.1 Å². The fourth-order valence-electron chi connectivity index (χ4n) is 4.58. The maximum absolute atomic E-state index is 13.5. The van der Waals surface area contributed by atoms with E-state index < -0.39 is 0 Å². The van der Waals surface area contributed by atoms with E-state index in [1.807, 2.05) is 21.1 Å². The third-order valence-electron chi connectivity index (χ3n) is 7.16. The molecule has 0 saturated carbocycles. The summed E-state index contributed by atoms with van der Waals surface area (Å²) < 4.78 is 0. The minimum absolute atomic E-state index is 0.00933. The topological polar surface area (TPSA) is 151 Å². The van der Waals surface area contributed by atoms with Gasteiger partial charge < -0.3 is 47.4 Å². The van der Waals surface area contributed by atoms with E-state index in [1.165, 1.54) is 0 Å². The smallest absolute Gasteiger partial charge is 0.239 e. The average molecular weight is 572 g/mol. The van der Waals surface area contributed by atoms with Crippen molar-refractivity contribution in [2.75, 3.05) is 88.1 Å². The zero-order valence-electron chi connectivity index (χ0n) is 26.2. The summed E-state index contributed by atoms with van der Waals surface area (Å²) >= 11 is 0. The lowest BCUT2D eigenvalue weighted by Crippen LogP contribution is -2.52. The zero-order chi connectivity index (χ0) is 30.0. The molecule has 8 N–H and O–H groups in total. The molecular weight excluding hydrogens is 510 g/mol. The van der Waals surface area contributed by atoms with Gasteiger partial charge in [0.25, 0.3) is 0 Å². The molecular formula is C28H61N9O3. The average Bonchev–Trinajstić information content (AvgIpc) is 2.96. The van der Waals surface area contributed by atoms with E-state index in [4.69, 9.17) is 0 Å². The summed E-state index contributed by atoms with van der Waals surface area (Å²) in [6, 6.07) is -0.828. The zero-order valence-corrected chi connectivity index (χ0v) is 26.2. The molecule has 0 aromatic heterocycles. The number of nitrogens with one attached hydrogen (secondary N) is 8. The highest BCUT2D eigenvalue weighted by molar-refractivity contribution is 5.83. The molecule has 0 aromatic carbocycles. The fraction of sp³-hybridized carbons (Fsp3) is 0.893. The molecule has 3 amide bonds. The normalized spacial score (nSPS) is 13.4. The van der Waals surface area contributed by atoms with E-state index in [0.29, 0.717) is 26.2 Å². The molecule has 3 atom stereocenters. The lowest BCUT2D eigenvalue weighted by atomic mass is 10.1. The van der Waals surface area contributed by atoms with Crippen LogP contribution in [0.2, 0.25) is 0 Å². The van der Waals surface area contributed by atoms with E-state index >= 15 is 0 Å². The minimum Gasteiger partial charge on any atom is -0.353 e. The summed E-state index contributed by atoms with van der Waals surface area (Å²) in [7, 11) is 11.2. The second kappa shape index (κ2) is 26.1. The molecule has 0 heterocycles. The minimum atomic E-state index is -0.308. The van der Waals surface area contributed by atoms with Crippen LogP contribution < -0.4 is 42.5 Å². The number of carbonyl (C=O) groups is 3. The van der Waals surface area contributed by atoms with Crippen molar-refractivity contribution in [1.29, 1.82) is 0 Å². The molecule has 0 saturated heterocycles. The van der Waals surface area contributed by atoms with E-state index in [-0.39, 0.29) is 35.8 Å². The number of hydrogen-bond acceptors (Lipinski definition) is 9. The van der Waals surface area contributed by atoms with Gasteiger partial charge in [-0.05, 0) is 100 Å². The van der Waals surface area contributed by atoms with Gasteiger partial charge in [0.15, 0.2) is 0 Å². The number of hydrogen-bond donors (Lipinski definition) is 8. The Morgan fingerprint density at radius 1 is 0.500 bits per heavy atom. The van der Waals surface area contributed by atoms with E-state index in [1.54, 1.807) is 26.0 Å². The number of unbranched alkanes of at least 4 members (excludes halogenated alkanes) is 3. The predicted octanol–water partition coefficient (Wildman–Crippen LogP) is -1.02. The maximum Gasteiger partial charge on any atom is 0.239 e. The molecule has 0 aliphatic rings. The Bertz CT molecular complexity index is 617. The molecule has 3 unspecified atom stereocenters. The number of amides is 3. The van der Waals surface area contributed by atoms with Gasteiger partial charge in [-0.2, -0.15) is 0 Å². The molecule has 0 spiro atoms. The standard InChI is InChI=1S/C28H61N9O3/c1-29-16-10-7-13-23(32-4)26(38)35-19-21-37(28(40)25(34-6)15-9-12-18-31-3)22-20-36-27(39)24(33-5)14-8-11-17-30-2/h23-25,29-34H,7-22H2,1-6H3,(H,35,38)(H,36,39). The van der Waals surface area contributed by atoms with Gasteiger partial charge in [0, 0.05) is 26.2 Å². The quantitative estimate of drug-likeness (QED) is 0.0580. The Morgan fingerprint density at radius 3 is 1.18 bits per heavy atom. The number of rotatable bonds is 27. The van der Waals surface area contributed by atoms with Crippen molar-refractivity contribution in [2.45, 2.75) is 75.9 Å². The number of likely N-dealkylation sites (N-methyl/N-ethyl adjacent to an activating group) is 3. The van der Waals surface area contributed by atoms with Crippen LogP contribution in [0.25, 0.3) is 0 Å². The Labute approximate surface area is 243 Å². The van der Waals surface area contributed by atoms with E-state index in [2.05, 4.69) is 42.5 Å². The second-order valence-electron chi connectivity index (χ2n) is 10.2. The van der Waals surface area contributed by atoms with Gasteiger partial charge >= 0.3 is 0 Å². The highest BCUT2D eigenvalue weighted by Crippen LogP contribution is 2.06. The first-order chi connectivity index (χ1) is 19.4. The van der Waals surface area contributed by atoms with Crippen LogP contribution in [0.4, 0.5) is 0 Å². The van der Waals surface area contributed by atoms with Crippen molar-refractivity contribution in [2.24, 2.45) is 0 Å². The van der Waals surface area contributed by atoms with Gasteiger partial charge in [-0.15, -0.1) is 0 Å². The Hall–Kier alpha value is -1.83. The molecule has 0 aliphatic heterocycles. The number of carbonyl (C=O) groups excluding carboxylic acids is 3. The van der Waals surface area contributed by atoms with Gasteiger partial charge in [0.2, 0.25) is 17.7 Å². The Kier molecular flexibility index (Phi) is 24.9. The van der Waals surface area contributed by atoms with Gasteiger partial charge in [0.1, 0.15) is 0 Å². The SMILES string of the molecule is CNCCCCC(NC)C(=O)NCCN(CCNC(=O)C(CCCCNC)NC)C(=O)C(CCCCNC)NC. The van der Waals surface area contributed by atoms with Crippen molar-refractivity contribution in [3.8, 4) is 0 Å². The van der Waals surface area contributed by atoms with Crippen LogP contribution in [0.5, 0.6) is 0 Å². The predicted molar refractivity (Wildman–Crippen MR) is 164 cm³/mol. The molecule has 0 fully saturated rings. The summed E-state index contributed by atoms with van der Waals surface area (Å²) in [6.45, 7) is 4.24. The van der Waals surface area contributed by atoms with Crippen molar-refractivity contribution in [3.05, 3.63) is 0 Å².